The van der Waals surface area contributed by atoms with E-state index in [9.17, 15) is 4.79 Å². The molecule has 4 nitrogen and oxygen atoms in total. The molecule has 5 heteroatoms. The van der Waals surface area contributed by atoms with Gasteiger partial charge in [-0.3, -0.25) is 4.79 Å². The zero-order chi connectivity index (χ0) is 16.7. The van der Waals surface area contributed by atoms with E-state index in [0.717, 1.165) is 0 Å². The number of amides is 1. The van der Waals surface area contributed by atoms with Gasteiger partial charge in [0.05, 0.1) is 16.7 Å². The molecule has 0 heterocycles. The predicted octanol–water partition coefficient (Wildman–Crippen LogP) is 3.53. The SMILES string of the molecule is CC(=O)NC1C(C)(C)C(Oc2ccc(C#N)cc2Cl)C1(C)C. The minimum absolute atomic E-state index is 0.0275. The normalized spacial score (nSPS) is 24.8. The smallest absolute Gasteiger partial charge is 0.217 e. The van der Waals surface area contributed by atoms with Crippen LogP contribution < -0.4 is 10.1 Å². The van der Waals surface area contributed by atoms with Crippen molar-refractivity contribution in [2.75, 3.05) is 0 Å². The Morgan fingerprint density at radius 3 is 2.36 bits per heavy atom. The predicted molar refractivity (Wildman–Crippen MR) is 85.7 cm³/mol. The number of nitrogens with one attached hydrogen (secondary N) is 1. The molecule has 1 amide bonds. The number of nitrogens with zero attached hydrogens (tertiary/aromatic N) is 1. The van der Waals surface area contributed by atoms with Gasteiger partial charge in [-0.05, 0) is 18.2 Å². The molecule has 118 valence electrons. The largest absolute Gasteiger partial charge is 0.488 e. The first-order valence-corrected chi connectivity index (χ1v) is 7.62. The van der Waals surface area contributed by atoms with Crippen LogP contribution in [0.1, 0.15) is 40.2 Å². The fourth-order valence-corrected chi connectivity index (χ4v) is 4.02. The third kappa shape index (κ3) is 2.66. The summed E-state index contributed by atoms with van der Waals surface area (Å²) in [7, 11) is 0. The topological polar surface area (TPSA) is 62.1 Å². The molecule has 0 aromatic heterocycles. The van der Waals surface area contributed by atoms with Crippen LogP contribution in [0.5, 0.6) is 5.75 Å². The molecule has 0 saturated heterocycles. The van der Waals surface area contributed by atoms with Gasteiger partial charge < -0.3 is 10.1 Å². The monoisotopic (exact) mass is 320 g/mol. The van der Waals surface area contributed by atoms with E-state index < -0.39 is 0 Å². The molecule has 0 unspecified atom stereocenters. The molecule has 1 fully saturated rings. The number of carbonyl (C=O) groups excluding carboxylic acids is 1. The molecule has 0 radical (unpaired) electrons. The van der Waals surface area contributed by atoms with Crippen molar-refractivity contribution in [1.29, 1.82) is 5.26 Å². The molecule has 1 aromatic rings. The van der Waals surface area contributed by atoms with Crippen LogP contribution in [0.4, 0.5) is 0 Å². The first-order chi connectivity index (χ1) is 10.1. The minimum Gasteiger partial charge on any atom is -0.488 e. The molecule has 0 aliphatic heterocycles. The lowest BCUT2D eigenvalue weighted by atomic mass is 9.49. The fourth-order valence-electron chi connectivity index (χ4n) is 3.80. The van der Waals surface area contributed by atoms with Gasteiger partial charge in [0.1, 0.15) is 11.9 Å². The van der Waals surface area contributed by atoms with E-state index in [4.69, 9.17) is 21.6 Å². The molecule has 2 rings (SSSR count). The van der Waals surface area contributed by atoms with E-state index in [0.29, 0.717) is 16.3 Å². The Labute approximate surface area is 136 Å². The summed E-state index contributed by atoms with van der Waals surface area (Å²) in [6.07, 6.45) is -0.0951. The second kappa shape index (κ2) is 5.48. The van der Waals surface area contributed by atoms with Crippen molar-refractivity contribution in [1.82, 2.24) is 5.32 Å². The standard InChI is InChI=1S/C17H21ClN2O2/c1-10(21)20-14-16(2,3)15(17(14,4)5)22-13-7-6-11(9-19)8-12(13)18/h6-8,14-15H,1-5H3,(H,20,21). The number of benzene rings is 1. The van der Waals surface area contributed by atoms with Gasteiger partial charge in [-0.1, -0.05) is 39.3 Å². The van der Waals surface area contributed by atoms with Crippen LogP contribution in [0.3, 0.4) is 0 Å². The van der Waals surface area contributed by atoms with Crippen molar-refractivity contribution < 1.29 is 9.53 Å². The quantitative estimate of drug-likeness (QED) is 0.926. The Bertz CT molecular complexity index is 631. The van der Waals surface area contributed by atoms with Crippen molar-refractivity contribution in [2.24, 2.45) is 10.8 Å². The summed E-state index contributed by atoms with van der Waals surface area (Å²) >= 11 is 6.19. The summed E-state index contributed by atoms with van der Waals surface area (Å²) in [5.41, 5.74) is 0.0688. The van der Waals surface area contributed by atoms with Gasteiger partial charge in [0.25, 0.3) is 0 Å². The van der Waals surface area contributed by atoms with Gasteiger partial charge in [0.2, 0.25) is 5.91 Å². The van der Waals surface area contributed by atoms with E-state index >= 15 is 0 Å². The third-order valence-electron chi connectivity index (χ3n) is 4.49. The number of nitriles is 1. The maximum atomic E-state index is 11.4. The van der Waals surface area contributed by atoms with Gasteiger partial charge in [-0.15, -0.1) is 0 Å². The van der Waals surface area contributed by atoms with E-state index in [2.05, 4.69) is 33.0 Å². The Balaban J connectivity index is 2.24. The summed E-state index contributed by atoms with van der Waals surface area (Å²) in [5, 5.41) is 12.3. The zero-order valence-electron chi connectivity index (χ0n) is 13.5. The van der Waals surface area contributed by atoms with Crippen LogP contribution in [-0.2, 0) is 4.79 Å². The van der Waals surface area contributed by atoms with E-state index in [1.54, 1.807) is 18.2 Å². The zero-order valence-corrected chi connectivity index (χ0v) is 14.3. The second-order valence-corrected chi connectivity index (χ2v) is 7.44. The van der Waals surface area contributed by atoms with Crippen LogP contribution in [0.15, 0.2) is 18.2 Å². The first-order valence-electron chi connectivity index (χ1n) is 7.24. The highest BCUT2D eigenvalue weighted by Gasteiger charge is 2.64. The van der Waals surface area contributed by atoms with Crippen molar-refractivity contribution in [3.05, 3.63) is 28.8 Å². The van der Waals surface area contributed by atoms with Gasteiger partial charge in [0.15, 0.2) is 0 Å². The Morgan fingerprint density at radius 2 is 1.91 bits per heavy atom. The van der Waals surface area contributed by atoms with E-state index in [1.165, 1.54) is 6.92 Å². The lowest BCUT2D eigenvalue weighted by Gasteiger charge is -2.63. The Morgan fingerprint density at radius 1 is 1.32 bits per heavy atom. The average Bonchev–Trinajstić information content (AvgIpc) is 2.42. The molecule has 1 saturated carbocycles. The van der Waals surface area contributed by atoms with Crippen LogP contribution in [0.2, 0.25) is 5.02 Å². The summed E-state index contributed by atoms with van der Waals surface area (Å²) in [6, 6.07) is 7.08. The van der Waals surface area contributed by atoms with E-state index in [1.807, 2.05) is 6.07 Å². The Kier molecular flexibility index (Phi) is 4.14. The van der Waals surface area contributed by atoms with E-state index in [-0.39, 0.29) is 28.9 Å². The number of hydrogen-bond acceptors (Lipinski definition) is 3. The highest BCUT2D eigenvalue weighted by Crippen LogP contribution is 2.55. The molecule has 1 aromatic carbocycles. The molecule has 0 atom stereocenters. The average molecular weight is 321 g/mol. The molecular weight excluding hydrogens is 300 g/mol. The summed E-state index contributed by atoms with van der Waals surface area (Å²) < 4.78 is 6.13. The van der Waals surface area contributed by atoms with Gasteiger partial charge in [-0.2, -0.15) is 5.26 Å². The van der Waals surface area contributed by atoms with Crippen molar-refractivity contribution >= 4 is 17.5 Å². The Hall–Kier alpha value is -1.73. The molecule has 1 aliphatic carbocycles. The second-order valence-electron chi connectivity index (χ2n) is 7.03. The highest BCUT2D eigenvalue weighted by atomic mass is 35.5. The highest BCUT2D eigenvalue weighted by molar-refractivity contribution is 6.32. The molecule has 1 aliphatic rings. The number of hydrogen-bond donors (Lipinski definition) is 1. The van der Waals surface area contributed by atoms with Crippen LogP contribution in [-0.4, -0.2) is 18.1 Å². The van der Waals surface area contributed by atoms with Crippen molar-refractivity contribution in [2.45, 2.75) is 46.8 Å². The molecule has 22 heavy (non-hydrogen) atoms. The molecule has 0 bridgehead atoms. The molecule has 1 N–H and O–H groups in total. The summed E-state index contributed by atoms with van der Waals surface area (Å²) in [6.45, 7) is 9.81. The lowest BCUT2D eigenvalue weighted by Crippen LogP contribution is -2.74. The summed E-state index contributed by atoms with van der Waals surface area (Å²) in [5.74, 6) is 0.522. The lowest BCUT2D eigenvalue weighted by molar-refractivity contribution is -0.172. The minimum atomic E-state index is -0.216. The maximum Gasteiger partial charge on any atom is 0.217 e. The van der Waals surface area contributed by atoms with Gasteiger partial charge >= 0.3 is 0 Å². The summed E-state index contributed by atoms with van der Waals surface area (Å²) in [4.78, 5) is 11.4. The molecule has 0 spiro atoms. The van der Waals surface area contributed by atoms with Crippen LogP contribution in [0, 0.1) is 22.2 Å². The number of rotatable bonds is 3. The van der Waals surface area contributed by atoms with Gasteiger partial charge in [-0.25, -0.2) is 0 Å². The van der Waals surface area contributed by atoms with Crippen LogP contribution >= 0.6 is 11.6 Å². The number of carbonyl (C=O) groups is 1. The number of ether oxygens (including phenoxy) is 1. The third-order valence-corrected chi connectivity index (χ3v) is 4.79. The maximum absolute atomic E-state index is 11.4. The van der Waals surface area contributed by atoms with Crippen LogP contribution in [0.25, 0.3) is 0 Å². The number of halogens is 1. The van der Waals surface area contributed by atoms with Crippen molar-refractivity contribution in [3.63, 3.8) is 0 Å². The first kappa shape index (κ1) is 16.6. The van der Waals surface area contributed by atoms with Crippen molar-refractivity contribution in [3.8, 4) is 11.8 Å². The van der Waals surface area contributed by atoms with Gasteiger partial charge in [0, 0.05) is 23.8 Å². The fraction of sp³-hybridized carbons (Fsp3) is 0.529. The molecular formula is C17H21ClN2O2.